The molecule has 0 spiro atoms. The molecule has 0 radical (unpaired) electrons. The lowest BCUT2D eigenvalue weighted by Gasteiger charge is -1.97. The van der Waals surface area contributed by atoms with Gasteiger partial charge in [0.1, 0.15) is 5.75 Å². The predicted molar refractivity (Wildman–Crippen MR) is 85.8 cm³/mol. The van der Waals surface area contributed by atoms with E-state index in [4.69, 9.17) is 4.52 Å². The molecule has 0 N–H and O–H groups in total. The Balaban J connectivity index is 1.93. The molecule has 5 nitrogen and oxygen atoms in total. The fourth-order valence-electron chi connectivity index (χ4n) is 1.93. The summed E-state index contributed by atoms with van der Waals surface area (Å²) in [5.41, 5.74) is 0.969. The predicted octanol–water partition coefficient (Wildman–Crippen LogP) is 2.90. The van der Waals surface area contributed by atoms with Crippen molar-refractivity contribution in [3.8, 4) is 0 Å². The zero-order chi connectivity index (χ0) is 16.0. The highest BCUT2D eigenvalue weighted by molar-refractivity contribution is 7.90. The monoisotopic (exact) mass is 320 g/mol. The van der Waals surface area contributed by atoms with Crippen LogP contribution in [0.2, 0.25) is 0 Å². The van der Waals surface area contributed by atoms with Gasteiger partial charge in [0, 0.05) is 6.42 Å². The molecule has 0 saturated heterocycles. The summed E-state index contributed by atoms with van der Waals surface area (Å²) >= 11 is 0. The number of rotatable bonds is 7. The van der Waals surface area contributed by atoms with Gasteiger partial charge in [0.05, 0.1) is 5.75 Å². The van der Waals surface area contributed by atoms with Crippen LogP contribution in [0.3, 0.4) is 0 Å². The van der Waals surface area contributed by atoms with Gasteiger partial charge in [0.2, 0.25) is 5.89 Å². The molecule has 2 rings (SSSR count). The van der Waals surface area contributed by atoms with Gasteiger partial charge >= 0.3 is 0 Å². The third kappa shape index (κ3) is 5.44. The Bertz CT molecular complexity index is 719. The standard InChI is InChI=1S/C16H20N2O3S/c1-13(2)11-16-17-15(18-21-16)12-22(19,20)10-6-9-14-7-4-3-5-8-14/h3-9,13H,10-12H2,1-2H3/b9-6-. The first kappa shape index (κ1) is 16.4. The highest BCUT2D eigenvalue weighted by Gasteiger charge is 2.16. The van der Waals surface area contributed by atoms with Crippen LogP contribution in [0.1, 0.15) is 31.1 Å². The molecular weight excluding hydrogens is 300 g/mol. The minimum atomic E-state index is -3.29. The maximum atomic E-state index is 12.0. The van der Waals surface area contributed by atoms with Crippen molar-refractivity contribution >= 4 is 15.9 Å². The Kier molecular flexibility index (Phi) is 5.49. The Morgan fingerprint density at radius 2 is 1.95 bits per heavy atom. The van der Waals surface area contributed by atoms with Gasteiger partial charge in [-0.05, 0) is 11.5 Å². The van der Waals surface area contributed by atoms with E-state index in [1.54, 1.807) is 12.2 Å². The maximum Gasteiger partial charge on any atom is 0.226 e. The zero-order valence-corrected chi connectivity index (χ0v) is 13.6. The van der Waals surface area contributed by atoms with Gasteiger partial charge in [-0.2, -0.15) is 4.98 Å². The van der Waals surface area contributed by atoms with E-state index in [1.165, 1.54) is 0 Å². The second-order valence-corrected chi connectivity index (χ2v) is 7.68. The molecule has 0 unspecified atom stereocenters. The fraction of sp³-hybridized carbons (Fsp3) is 0.375. The average Bonchev–Trinajstić information content (AvgIpc) is 2.85. The van der Waals surface area contributed by atoms with Crippen molar-refractivity contribution < 1.29 is 12.9 Å². The third-order valence-electron chi connectivity index (χ3n) is 2.90. The molecule has 118 valence electrons. The van der Waals surface area contributed by atoms with Gasteiger partial charge < -0.3 is 4.52 Å². The highest BCUT2D eigenvalue weighted by Crippen LogP contribution is 2.09. The molecule has 0 saturated carbocycles. The van der Waals surface area contributed by atoms with Crippen LogP contribution in [0.15, 0.2) is 40.9 Å². The van der Waals surface area contributed by atoms with Crippen molar-refractivity contribution in [1.29, 1.82) is 0 Å². The SMILES string of the molecule is CC(C)Cc1nc(CS(=O)(=O)C/C=C\c2ccccc2)no1. The smallest absolute Gasteiger partial charge is 0.226 e. The summed E-state index contributed by atoms with van der Waals surface area (Å²) in [6, 6.07) is 9.56. The van der Waals surface area contributed by atoms with Crippen molar-refractivity contribution in [3.05, 3.63) is 53.7 Å². The average molecular weight is 320 g/mol. The molecule has 1 aromatic carbocycles. The van der Waals surface area contributed by atoms with Gasteiger partial charge in [-0.1, -0.05) is 61.5 Å². The van der Waals surface area contributed by atoms with Gasteiger partial charge in [-0.25, -0.2) is 8.42 Å². The van der Waals surface area contributed by atoms with Crippen LogP contribution in [0.25, 0.3) is 6.08 Å². The summed E-state index contributed by atoms with van der Waals surface area (Å²) < 4.78 is 29.1. The summed E-state index contributed by atoms with van der Waals surface area (Å²) in [6.07, 6.45) is 4.08. The molecule has 6 heteroatoms. The zero-order valence-electron chi connectivity index (χ0n) is 12.8. The fourth-order valence-corrected chi connectivity index (χ4v) is 2.95. The van der Waals surface area contributed by atoms with E-state index >= 15 is 0 Å². The quantitative estimate of drug-likeness (QED) is 0.784. The first-order valence-corrected chi connectivity index (χ1v) is 9.00. The van der Waals surface area contributed by atoms with Crippen molar-refractivity contribution in [2.24, 2.45) is 5.92 Å². The first-order valence-electron chi connectivity index (χ1n) is 7.18. The van der Waals surface area contributed by atoms with E-state index < -0.39 is 9.84 Å². The van der Waals surface area contributed by atoms with E-state index in [2.05, 4.69) is 10.1 Å². The first-order chi connectivity index (χ1) is 10.4. The summed E-state index contributed by atoms with van der Waals surface area (Å²) in [7, 11) is -3.29. The molecule has 22 heavy (non-hydrogen) atoms. The van der Waals surface area contributed by atoms with Gasteiger partial charge in [-0.15, -0.1) is 0 Å². The van der Waals surface area contributed by atoms with E-state index in [1.807, 2.05) is 44.2 Å². The molecule has 0 atom stereocenters. The largest absolute Gasteiger partial charge is 0.339 e. The minimum Gasteiger partial charge on any atom is -0.339 e. The van der Waals surface area contributed by atoms with Crippen LogP contribution < -0.4 is 0 Å². The van der Waals surface area contributed by atoms with Crippen LogP contribution >= 0.6 is 0 Å². The second kappa shape index (κ2) is 7.35. The number of nitrogens with zero attached hydrogens (tertiary/aromatic N) is 2. The van der Waals surface area contributed by atoms with Gasteiger partial charge in [-0.3, -0.25) is 0 Å². The van der Waals surface area contributed by atoms with Gasteiger partial charge in [0.15, 0.2) is 15.7 Å². The van der Waals surface area contributed by atoms with E-state index in [-0.39, 0.29) is 17.3 Å². The highest BCUT2D eigenvalue weighted by atomic mass is 32.2. The molecule has 2 aromatic rings. The lowest BCUT2D eigenvalue weighted by atomic mass is 10.1. The normalized spacial score (nSPS) is 12.3. The Morgan fingerprint density at radius 1 is 1.23 bits per heavy atom. The number of sulfone groups is 1. The molecule has 1 heterocycles. The van der Waals surface area contributed by atoms with Crippen LogP contribution in [-0.2, 0) is 22.0 Å². The van der Waals surface area contributed by atoms with Crippen LogP contribution in [0, 0.1) is 5.92 Å². The lowest BCUT2D eigenvalue weighted by Crippen LogP contribution is -2.08. The van der Waals surface area contributed by atoms with E-state index in [0.29, 0.717) is 18.2 Å². The van der Waals surface area contributed by atoms with E-state index in [9.17, 15) is 8.42 Å². The molecule has 0 fully saturated rings. The van der Waals surface area contributed by atoms with Crippen LogP contribution in [0.5, 0.6) is 0 Å². The van der Waals surface area contributed by atoms with Crippen molar-refractivity contribution in [2.75, 3.05) is 5.75 Å². The van der Waals surface area contributed by atoms with Crippen molar-refractivity contribution in [3.63, 3.8) is 0 Å². The molecular formula is C16H20N2O3S. The number of benzene rings is 1. The second-order valence-electron chi connectivity index (χ2n) is 5.57. The number of aromatic nitrogens is 2. The Hall–Kier alpha value is -1.95. The third-order valence-corrected chi connectivity index (χ3v) is 4.30. The molecule has 0 aliphatic carbocycles. The van der Waals surface area contributed by atoms with Crippen LogP contribution in [0.4, 0.5) is 0 Å². The molecule has 0 amide bonds. The summed E-state index contributed by atoms with van der Waals surface area (Å²) in [6.45, 7) is 4.07. The van der Waals surface area contributed by atoms with Crippen molar-refractivity contribution in [2.45, 2.75) is 26.0 Å². The minimum absolute atomic E-state index is 0.0457. The topological polar surface area (TPSA) is 73.1 Å². The molecule has 1 aromatic heterocycles. The van der Waals surface area contributed by atoms with Gasteiger partial charge in [0.25, 0.3) is 0 Å². The molecule has 0 aliphatic heterocycles. The Morgan fingerprint density at radius 3 is 2.64 bits per heavy atom. The Labute approximate surface area is 131 Å². The summed E-state index contributed by atoms with van der Waals surface area (Å²) in [5.74, 6) is 0.853. The number of hydrogen-bond donors (Lipinski definition) is 0. The van der Waals surface area contributed by atoms with Crippen molar-refractivity contribution in [1.82, 2.24) is 10.1 Å². The van der Waals surface area contributed by atoms with E-state index in [0.717, 1.165) is 5.56 Å². The number of hydrogen-bond acceptors (Lipinski definition) is 5. The summed E-state index contributed by atoms with van der Waals surface area (Å²) in [5, 5.41) is 3.73. The maximum absolute atomic E-state index is 12.0. The lowest BCUT2D eigenvalue weighted by molar-refractivity contribution is 0.359. The molecule has 0 aliphatic rings. The summed E-state index contributed by atoms with van der Waals surface area (Å²) in [4.78, 5) is 4.12. The molecule has 0 bridgehead atoms. The van der Waals surface area contributed by atoms with Crippen LogP contribution in [-0.4, -0.2) is 24.3 Å².